The number of benzene rings is 3. The van der Waals surface area contributed by atoms with Crippen LogP contribution in [0, 0.1) is 0 Å². The SMILES string of the molecule is O=Cc1ccc(OCc2ccc(C(F)(F)F)cc2)c(OCc2ccccc2)c1. The summed E-state index contributed by atoms with van der Waals surface area (Å²) >= 11 is 0. The van der Waals surface area contributed by atoms with Crippen molar-refractivity contribution in [3.63, 3.8) is 0 Å². The maximum atomic E-state index is 12.6. The summed E-state index contributed by atoms with van der Waals surface area (Å²) in [5, 5.41) is 0. The summed E-state index contributed by atoms with van der Waals surface area (Å²) in [5.41, 5.74) is 1.26. The minimum atomic E-state index is -4.37. The van der Waals surface area contributed by atoms with Gasteiger partial charge in [-0.15, -0.1) is 0 Å². The van der Waals surface area contributed by atoms with E-state index in [1.54, 1.807) is 18.2 Å². The Labute approximate surface area is 160 Å². The number of alkyl halides is 3. The lowest BCUT2D eigenvalue weighted by atomic mass is 10.1. The highest BCUT2D eigenvalue weighted by molar-refractivity contribution is 5.76. The van der Waals surface area contributed by atoms with Gasteiger partial charge in [0.1, 0.15) is 19.5 Å². The van der Waals surface area contributed by atoms with Crippen molar-refractivity contribution in [2.24, 2.45) is 0 Å². The molecule has 0 spiro atoms. The van der Waals surface area contributed by atoms with Gasteiger partial charge in [0.2, 0.25) is 0 Å². The number of rotatable bonds is 7. The first-order chi connectivity index (χ1) is 13.5. The van der Waals surface area contributed by atoms with Gasteiger partial charge in [0.25, 0.3) is 0 Å². The zero-order chi connectivity index (χ0) is 20.0. The summed E-state index contributed by atoms with van der Waals surface area (Å²) in [5.74, 6) is 0.793. The second kappa shape index (κ2) is 8.61. The Bertz CT molecular complexity index is 920. The lowest BCUT2D eigenvalue weighted by molar-refractivity contribution is -0.137. The van der Waals surface area contributed by atoms with Crippen LogP contribution in [0.3, 0.4) is 0 Å². The van der Waals surface area contributed by atoms with Crippen molar-refractivity contribution in [2.75, 3.05) is 0 Å². The van der Waals surface area contributed by atoms with E-state index in [1.165, 1.54) is 12.1 Å². The molecule has 0 aliphatic rings. The predicted molar refractivity (Wildman–Crippen MR) is 98.4 cm³/mol. The molecule has 0 radical (unpaired) electrons. The van der Waals surface area contributed by atoms with E-state index in [4.69, 9.17) is 9.47 Å². The second-order valence-electron chi connectivity index (χ2n) is 6.08. The Kier molecular flexibility index (Phi) is 5.99. The van der Waals surface area contributed by atoms with Gasteiger partial charge in [-0.25, -0.2) is 0 Å². The van der Waals surface area contributed by atoms with Gasteiger partial charge in [-0.05, 0) is 41.5 Å². The molecule has 0 atom stereocenters. The third-order valence-electron chi connectivity index (χ3n) is 4.02. The smallest absolute Gasteiger partial charge is 0.416 e. The molecular weight excluding hydrogens is 369 g/mol. The van der Waals surface area contributed by atoms with E-state index in [0.717, 1.165) is 17.7 Å². The third-order valence-corrected chi connectivity index (χ3v) is 4.02. The van der Waals surface area contributed by atoms with E-state index in [2.05, 4.69) is 0 Å². The number of ether oxygens (including phenoxy) is 2. The Balaban J connectivity index is 1.71. The summed E-state index contributed by atoms with van der Waals surface area (Å²) in [7, 11) is 0. The molecule has 3 rings (SSSR count). The first kappa shape index (κ1) is 19.5. The van der Waals surface area contributed by atoms with Crippen LogP contribution >= 0.6 is 0 Å². The Morgan fingerprint density at radius 3 is 1.96 bits per heavy atom. The Morgan fingerprint density at radius 1 is 0.750 bits per heavy atom. The number of aldehydes is 1. The highest BCUT2D eigenvalue weighted by Crippen LogP contribution is 2.31. The van der Waals surface area contributed by atoms with Crippen LogP contribution in [0.25, 0.3) is 0 Å². The average Bonchev–Trinajstić information content (AvgIpc) is 2.71. The monoisotopic (exact) mass is 386 g/mol. The van der Waals surface area contributed by atoms with E-state index in [-0.39, 0.29) is 6.61 Å². The maximum absolute atomic E-state index is 12.6. The first-order valence-corrected chi connectivity index (χ1v) is 8.50. The van der Waals surface area contributed by atoms with Gasteiger partial charge in [-0.1, -0.05) is 42.5 Å². The van der Waals surface area contributed by atoms with Gasteiger partial charge >= 0.3 is 6.18 Å². The molecule has 28 heavy (non-hydrogen) atoms. The standard InChI is InChI=1S/C22H17F3O3/c23-22(24,25)19-9-6-17(7-10-19)15-27-20-11-8-18(13-26)12-21(20)28-14-16-4-2-1-3-5-16/h1-13H,14-15H2. The van der Waals surface area contributed by atoms with Crippen molar-refractivity contribution >= 4 is 6.29 Å². The summed E-state index contributed by atoms with van der Waals surface area (Å²) in [6.45, 7) is 0.361. The van der Waals surface area contributed by atoms with Gasteiger partial charge in [0, 0.05) is 5.56 Å². The van der Waals surface area contributed by atoms with Gasteiger partial charge in [-0.3, -0.25) is 4.79 Å². The fourth-order valence-electron chi connectivity index (χ4n) is 2.52. The summed E-state index contributed by atoms with van der Waals surface area (Å²) in [6.07, 6.45) is -3.67. The first-order valence-electron chi connectivity index (χ1n) is 8.50. The maximum Gasteiger partial charge on any atom is 0.416 e. The van der Waals surface area contributed by atoms with Crippen molar-refractivity contribution in [3.05, 3.63) is 95.1 Å². The third kappa shape index (κ3) is 5.13. The molecule has 3 nitrogen and oxygen atoms in total. The molecule has 3 aromatic rings. The van der Waals surface area contributed by atoms with Crippen LogP contribution in [0.1, 0.15) is 27.0 Å². The van der Waals surface area contributed by atoms with Gasteiger partial charge < -0.3 is 9.47 Å². The van der Waals surface area contributed by atoms with Crippen molar-refractivity contribution in [1.82, 2.24) is 0 Å². The van der Waals surface area contributed by atoms with Gasteiger partial charge in [-0.2, -0.15) is 13.2 Å². The molecule has 6 heteroatoms. The minimum absolute atomic E-state index is 0.0697. The van der Waals surface area contributed by atoms with Crippen molar-refractivity contribution in [2.45, 2.75) is 19.4 Å². The van der Waals surface area contributed by atoms with E-state index in [9.17, 15) is 18.0 Å². The highest BCUT2D eigenvalue weighted by atomic mass is 19.4. The van der Waals surface area contributed by atoms with Crippen LogP contribution < -0.4 is 9.47 Å². The fraction of sp³-hybridized carbons (Fsp3) is 0.136. The number of halogens is 3. The topological polar surface area (TPSA) is 35.5 Å². The molecule has 0 saturated heterocycles. The highest BCUT2D eigenvalue weighted by Gasteiger charge is 2.29. The molecule has 0 saturated carbocycles. The average molecular weight is 386 g/mol. The lowest BCUT2D eigenvalue weighted by Crippen LogP contribution is -2.05. The molecule has 0 N–H and O–H groups in total. The molecular formula is C22H17F3O3. The predicted octanol–water partition coefficient (Wildman–Crippen LogP) is 5.68. The molecule has 144 valence electrons. The van der Waals surface area contributed by atoms with E-state index in [0.29, 0.717) is 35.5 Å². The van der Waals surface area contributed by atoms with E-state index in [1.807, 2.05) is 30.3 Å². The van der Waals surface area contributed by atoms with Crippen LogP contribution in [0.2, 0.25) is 0 Å². The van der Waals surface area contributed by atoms with Crippen molar-refractivity contribution in [3.8, 4) is 11.5 Å². The molecule has 0 bridgehead atoms. The van der Waals surface area contributed by atoms with E-state index >= 15 is 0 Å². The summed E-state index contributed by atoms with van der Waals surface area (Å²) in [4.78, 5) is 11.0. The van der Waals surface area contributed by atoms with Crippen LogP contribution in [-0.4, -0.2) is 6.29 Å². The zero-order valence-electron chi connectivity index (χ0n) is 14.8. The molecule has 0 amide bonds. The minimum Gasteiger partial charge on any atom is -0.485 e. The number of hydrogen-bond acceptors (Lipinski definition) is 3. The molecule has 0 aliphatic carbocycles. The van der Waals surface area contributed by atoms with Crippen LogP contribution in [-0.2, 0) is 19.4 Å². The molecule has 0 fully saturated rings. The fourth-order valence-corrected chi connectivity index (χ4v) is 2.52. The number of hydrogen-bond donors (Lipinski definition) is 0. The van der Waals surface area contributed by atoms with Crippen LogP contribution in [0.5, 0.6) is 11.5 Å². The number of carbonyl (C=O) groups is 1. The molecule has 0 aliphatic heterocycles. The molecule has 0 unspecified atom stereocenters. The Morgan fingerprint density at radius 2 is 1.36 bits per heavy atom. The van der Waals surface area contributed by atoms with Crippen LogP contribution in [0.15, 0.2) is 72.8 Å². The largest absolute Gasteiger partial charge is 0.485 e. The zero-order valence-corrected chi connectivity index (χ0v) is 14.8. The second-order valence-corrected chi connectivity index (χ2v) is 6.08. The Hall–Kier alpha value is -3.28. The lowest BCUT2D eigenvalue weighted by Gasteiger charge is -2.14. The number of carbonyl (C=O) groups excluding carboxylic acids is 1. The quantitative estimate of drug-likeness (QED) is 0.491. The molecule has 0 heterocycles. The normalized spacial score (nSPS) is 11.1. The van der Waals surface area contributed by atoms with Crippen LogP contribution in [0.4, 0.5) is 13.2 Å². The summed E-state index contributed by atoms with van der Waals surface area (Å²) < 4.78 is 49.4. The summed E-state index contributed by atoms with van der Waals surface area (Å²) in [6, 6.07) is 19.0. The molecule has 0 aromatic heterocycles. The van der Waals surface area contributed by atoms with Crippen molar-refractivity contribution in [1.29, 1.82) is 0 Å². The van der Waals surface area contributed by atoms with E-state index < -0.39 is 11.7 Å². The molecule has 3 aromatic carbocycles. The van der Waals surface area contributed by atoms with Gasteiger partial charge in [0.05, 0.1) is 5.56 Å². The van der Waals surface area contributed by atoms with Gasteiger partial charge in [0.15, 0.2) is 11.5 Å². The van der Waals surface area contributed by atoms with Crippen molar-refractivity contribution < 1.29 is 27.4 Å².